The summed E-state index contributed by atoms with van der Waals surface area (Å²) in [5.74, 6) is -1.79. The van der Waals surface area contributed by atoms with E-state index in [0.717, 1.165) is 16.7 Å². The predicted molar refractivity (Wildman–Crippen MR) is 179 cm³/mol. The molecule has 2 bridgehead atoms. The van der Waals surface area contributed by atoms with Gasteiger partial charge in [0.05, 0.1) is 22.1 Å². The van der Waals surface area contributed by atoms with E-state index in [4.69, 9.17) is 0 Å². The number of nitrogens with zero attached hydrogens (tertiary/aromatic N) is 6. The molecule has 1 aromatic heterocycles. The fourth-order valence-corrected chi connectivity index (χ4v) is 10.9. The molecular formula is C33H37BrN6O4S. The van der Waals surface area contributed by atoms with Gasteiger partial charge in [0, 0.05) is 42.0 Å². The van der Waals surface area contributed by atoms with Gasteiger partial charge >= 0.3 is 0 Å². The molecule has 3 aliphatic heterocycles. The highest BCUT2D eigenvalue weighted by Crippen LogP contribution is 2.68. The number of rotatable bonds is 13. The van der Waals surface area contributed by atoms with Crippen LogP contribution in [0.3, 0.4) is 0 Å². The van der Waals surface area contributed by atoms with Crippen LogP contribution in [0.15, 0.2) is 79.9 Å². The number of hydrogen-bond donors (Lipinski definition) is 1. The first-order chi connectivity index (χ1) is 21.9. The quantitative estimate of drug-likeness (QED) is 0.165. The number of benzene rings is 2. The van der Waals surface area contributed by atoms with Crippen molar-refractivity contribution in [2.24, 2.45) is 11.8 Å². The van der Waals surface area contributed by atoms with E-state index >= 15 is 0 Å². The molecule has 3 fully saturated rings. The van der Waals surface area contributed by atoms with Crippen LogP contribution in [0.1, 0.15) is 19.3 Å². The Labute approximate surface area is 275 Å². The Balaban J connectivity index is 1.38. The predicted octanol–water partition coefficient (Wildman–Crippen LogP) is 3.86. The molecule has 0 aliphatic carbocycles. The third-order valence-electron chi connectivity index (χ3n) is 9.15. The molecule has 6 atom stereocenters. The minimum atomic E-state index is -0.799. The Morgan fingerprint density at radius 3 is 2.53 bits per heavy atom. The molecule has 0 saturated carbocycles. The molecule has 2 aromatic carbocycles. The molecule has 3 amide bonds. The van der Waals surface area contributed by atoms with Crippen molar-refractivity contribution in [1.29, 1.82) is 0 Å². The number of carbonyl (C=O) groups is 3. The number of fused-ring (bicyclic) bond motifs is 2. The molecule has 3 unspecified atom stereocenters. The van der Waals surface area contributed by atoms with Crippen LogP contribution >= 0.6 is 27.7 Å². The van der Waals surface area contributed by atoms with E-state index in [1.165, 1.54) is 0 Å². The Morgan fingerprint density at radius 2 is 1.80 bits per heavy atom. The number of aromatic nitrogens is 3. The lowest BCUT2D eigenvalue weighted by atomic mass is 9.70. The summed E-state index contributed by atoms with van der Waals surface area (Å²) in [6.45, 7) is 8.78. The van der Waals surface area contributed by atoms with E-state index in [0.29, 0.717) is 32.4 Å². The van der Waals surface area contributed by atoms with E-state index in [9.17, 15) is 19.5 Å². The van der Waals surface area contributed by atoms with Crippen LogP contribution in [-0.2, 0) is 21.1 Å². The molecule has 1 spiro atoms. The summed E-state index contributed by atoms with van der Waals surface area (Å²) in [4.78, 5) is 48.8. The maximum atomic E-state index is 14.8. The van der Waals surface area contributed by atoms with Crippen molar-refractivity contribution < 1.29 is 19.5 Å². The maximum Gasteiger partial charge on any atom is 0.248 e. The number of unbranched alkanes of at least 4 members (excludes halogenated alkanes) is 1. The van der Waals surface area contributed by atoms with Gasteiger partial charge in [-0.1, -0.05) is 63.6 Å². The summed E-state index contributed by atoms with van der Waals surface area (Å²) in [6, 6.07) is 16.2. The average molecular weight is 694 g/mol. The first-order valence-electron chi connectivity index (χ1n) is 15.2. The Morgan fingerprint density at radius 1 is 1.07 bits per heavy atom. The van der Waals surface area contributed by atoms with Crippen molar-refractivity contribution >= 4 is 62.1 Å². The van der Waals surface area contributed by atoms with Gasteiger partial charge in [-0.25, -0.2) is 4.68 Å². The fraction of sp³-hybridized carbons (Fsp3) is 0.424. The molecule has 3 aliphatic rings. The summed E-state index contributed by atoms with van der Waals surface area (Å²) in [5.41, 5.74) is 2.26. The van der Waals surface area contributed by atoms with E-state index < -0.39 is 22.6 Å². The van der Waals surface area contributed by atoms with Crippen LogP contribution in [0.5, 0.6) is 0 Å². The number of aliphatic hydroxyl groups is 1. The molecular weight excluding hydrogens is 656 g/mol. The van der Waals surface area contributed by atoms with Gasteiger partial charge in [0.25, 0.3) is 0 Å². The highest BCUT2D eigenvalue weighted by molar-refractivity contribution is 9.09. The molecule has 4 heterocycles. The van der Waals surface area contributed by atoms with Crippen molar-refractivity contribution in [3.05, 3.63) is 79.9 Å². The van der Waals surface area contributed by atoms with E-state index in [-0.39, 0.29) is 47.6 Å². The van der Waals surface area contributed by atoms with Crippen LogP contribution in [0.25, 0.3) is 11.0 Å². The lowest BCUT2D eigenvalue weighted by Gasteiger charge is -2.38. The molecule has 3 aromatic rings. The first kappa shape index (κ1) is 31.5. The van der Waals surface area contributed by atoms with Crippen LogP contribution < -0.4 is 4.90 Å². The zero-order valence-electron chi connectivity index (χ0n) is 25.0. The van der Waals surface area contributed by atoms with Crippen molar-refractivity contribution in [2.75, 3.05) is 31.1 Å². The number of para-hydroxylation sites is 2. The zero-order valence-corrected chi connectivity index (χ0v) is 27.4. The van der Waals surface area contributed by atoms with Gasteiger partial charge in [0.2, 0.25) is 17.7 Å². The Hall–Kier alpha value is -3.48. The molecule has 10 nitrogen and oxygen atoms in total. The second kappa shape index (κ2) is 13.1. The number of alkyl halides is 1. The summed E-state index contributed by atoms with van der Waals surface area (Å²) in [7, 11) is 0. The molecule has 45 heavy (non-hydrogen) atoms. The van der Waals surface area contributed by atoms with Crippen molar-refractivity contribution in [1.82, 2.24) is 24.8 Å². The summed E-state index contributed by atoms with van der Waals surface area (Å²) in [6.07, 6.45) is 4.99. The summed E-state index contributed by atoms with van der Waals surface area (Å²) in [5, 5.41) is 17.9. The summed E-state index contributed by atoms with van der Waals surface area (Å²) < 4.78 is 0.886. The lowest BCUT2D eigenvalue weighted by molar-refractivity contribution is -0.143. The number of carbonyl (C=O) groups excluding carboxylic acids is 3. The van der Waals surface area contributed by atoms with E-state index in [1.807, 2.05) is 54.6 Å². The molecule has 12 heteroatoms. The highest BCUT2D eigenvalue weighted by atomic mass is 79.9. The van der Waals surface area contributed by atoms with Gasteiger partial charge in [0.1, 0.15) is 18.2 Å². The second-order valence-corrected chi connectivity index (χ2v) is 14.5. The minimum Gasteiger partial charge on any atom is -0.396 e. The highest BCUT2D eigenvalue weighted by Gasteiger charge is 2.76. The number of hydrogen-bond acceptors (Lipinski definition) is 7. The van der Waals surface area contributed by atoms with Gasteiger partial charge < -0.3 is 19.8 Å². The Kier molecular flexibility index (Phi) is 9.17. The molecule has 236 valence electrons. The van der Waals surface area contributed by atoms with Crippen LogP contribution in [-0.4, -0.2) is 94.7 Å². The SMILES string of the molecule is C=CCN(Cn1nnc2ccccc21)C(=O)C1N(CCCCO)C(=O)[C@@H]2[C@H](C(=O)N(CC=C)c3ccccc3)[C@H]3SC12CC3Br. The number of aliphatic hydroxyl groups excluding tert-OH is 1. The third kappa shape index (κ3) is 5.40. The average Bonchev–Trinajstić information content (AvgIpc) is 3.77. The minimum absolute atomic E-state index is 0.00776. The smallest absolute Gasteiger partial charge is 0.248 e. The van der Waals surface area contributed by atoms with Crippen LogP contribution in [0.2, 0.25) is 0 Å². The van der Waals surface area contributed by atoms with Gasteiger partial charge in [0.15, 0.2) is 0 Å². The monoisotopic (exact) mass is 692 g/mol. The van der Waals surface area contributed by atoms with Crippen LogP contribution in [0.4, 0.5) is 5.69 Å². The van der Waals surface area contributed by atoms with Gasteiger partial charge in [-0.2, -0.15) is 0 Å². The number of halogens is 1. The van der Waals surface area contributed by atoms with Gasteiger partial charge in [-0.05, 0) is 43.5 Å². The topological polar surface area (TPSA) is 112 Å². The maximum absolute atomic E-state index is 14.8. The van der Waals surface area contributed by atoms with E-state index in [2.05, 4.69) is 39.4 Å². The third-order valence-corrected chi connectivity index (χ3v) is 12.4. The molecule has 0 radical (unpaired) electrons. The number of thioether (sulfide) groups is 1. The Bertz CT molecular complexity index is 1600. The largest absolute Gasteiger partial charge is 0.396 e. The van der Waals surface area contributed by atoms with Gasteiger partial charge in [-0.15, -0.1) is 30.0 Å². The second-order valence-electron chi connectivity index (χ2n) is 11.8. The zero-order chi connectivity index (χ0) is 31.7. The van der Waals surface area contributed by atoms with Crippen LogP contribution in [0, 0.1) is 11.8 Å². The number of likely N-dealkylation sites (tertiary alicyclic amines) is 1. The standard InChI is InChI=1S/C33H37BrN6O4S/c1-3-16-37(21-40-25-15-9-8-14-24(25)35-36-40)32(44)29-33-20-23(34)28(45-33)26(27(33)31(43)39(29)18-10-11-19-41)30(42)38(17-4-2)22-12-6-5-7-13-22/h3-9,12-15,23,26-29,41H,1-2,10-11,16-21H2/t23?,26-,27-,28-,29?,33?/m0/s1. The fourth-order valence-electron chi connectivity index (χ4n) is 7.29. The molecule has 1 N–H and O–H groups in total. The molecule has 6 rings (SSSR count). The van der Waals surface area contributed by atoms with Crippen molar-refractivity contribution in [3.8, 4) is 0 Å². The van der Waals surface area contributed by atoms with Gasteiger partial charge in [-0.3, -0.25) is 14.4 Å². The lowest BCUT2D eigenvalue weighted by Crippen LogP contribution is -2.56. The van der Waals surface area contributed by atoms with Crippen molar-refractivity contribution in [2.45, 2.75) is 46.8 Å². The normalized spacial score (nSPS) is 26.7. The number of amides is 3. The van der Waals surface area contributed by atoms with Crippen molar-refractivity contribution in [3.63, 3.8) is 0 Å². The summed E-state index contributed by atoms with van der Waals surface area (Å²) >= 11 is 5.48. The number of anilines is 1. The molecule has 3 saturated heterocycles. The first-order valence-corrected chi connectivity index (χ1v) is 17.0. The van der Waals surface area contributed by atoms with E-state index in [1.54, 1.807) is 43.3 Å².